The van der Waals surface area contributed by atoms with E-state index in [0.29, 0.717) is 12.8 Å². The lowest BCUT2D eigenvalue weighted by atomic mass is 9.79. The molecule has 0 saturated carbocycles. The molecule has 2 heterocycles. The maximum absolute atomic E-state index is 13.3. The highest BCUT2D eigenvalue weighted by atomic mass is 32.2. The molecule has 0 aliphatic carbocycles. The van der Waals surface area contributed by atoms with Crippen molar-refractivity contribution in [2.75, 3.05) is 0 Å². The molecular weight excluding hydrogens is 424 g/mol. The van der Waals surface area contributed by atoms with Crippen molar-refractivity contribution in [2.45, 2.75) is 88.6 Å². The third-order valence-corrected chi connectivity index (χ3v) is 7.65. The van der Waals surface area contributed by atoms with Gasteiger partial charge in [0.05, 0.1) is 12.9 Å². The monoisotopic (exact) mass is 458 g/mol. The molecule has 0 spiro atoms. The zero-order valence-electron chi connectivity index (χ0n) is 19.9. The van der Waals surface area contributed by atoms with E-state index in [0.717, 1.165) is 27.3 Å². The fourth-order valence-electron chi connectivity index (χ4n) is 4.17. The summed E-state index contributed by atoms with van der Waals surface area (Å²) in [4.78, 5) is 27.3. The molecule has 3 rings (SSSR count). The molecule has 0 bridgehead atoms. The van der Waals surface area contributed by atoms with E-state index in [1.165, 1.54) is 11.8 Å². The summed E-state index contributed by atoms with van der Waals surface area (Å²) in [6, 6.07) is 7.68. The number of Topliss-reactive ketones (excluding diaryl/α,β-unsaturated/α-hetero) is 1. The second kappa shape index (κ2) is 9.44. The molecule has 5 nitrogen and oxygen atoms in total. The topological polar surface area (TPSA) is 76.7 Å². The normalized spacial score (nSPS) is 21.8. The van der Waals surface area contributed by atoms with Gasteiger partial charge >= 0.3 is 5.97 Å². The number of aliphatic hydroxyl groups is 1. The first-order chi connectivity index (χ1) is 15.0. The Morgan fingerprint density at radius 3 is 2.50 bits per heavy atom. The van der Waals surface area contributed by atoms with Gasteiger partial charge in [-0.2, -0.15) is 0 Å². The molecule has 1 fully saturated rings. The zero-order chi connectivity index (χ0) is 23.7. The summed E-state index contributed by atoms with van der Waals surface area (Å²) in [5.74, 6) is 0.262. The molecule has 174 valence electrons. The van der Waals surface area contributed by atoms with Gasteiger partial charge in [-0.3, -0.25) is 9.59 Å². The molecule has 1 aromatic carbocycles. The van der Waals surface area contributed by atoms with Crippen LogP contribution in [-0.2, 0) is 32.8 Å². The standard InChI is InChI=1S/C26H34O5S/c1-16(2)26(10-9-19-8-7-11-30-19)14-21(28)23(24(29)31-26)32-22-12-17(3)18(15-27)13-20(22)25(4,5)6/h7-8,11-13,16,23,27H,9-10,14-15H2,1-6H3. The van der Waals surface area contributed by atoms with E-state index in [-0.39, 0.29) is 30.1 Å². The van der Waals surface area contributed by atoms with Gasteiger partial charge < -0.3 is 14.3 Å². The molecule has 6 heteroatoms. The highest BCUT2D eigenvalue weighted by Gasteiger charge is 2.49. The molecule has 2 atom stereocenters. The highest BCUT2D eigenvalue weighted by molar-refractivity contribution is 8.01. The number of rotatable bonds is 7. The van der Waals surface area contributed by atoms with Gasteiger partial charge in [-0.1, -0.05) is 40.7 Å². The quantitative estimate of drug-likeness (QED) is 0.443. The Balaban J connectivity index is 1.85. The summed E-state index contributed by atoms with van der Waals surface area (Å²) in [7, 11) is 0. The predicted molar refractivity (Wildman–Crippen MR) is 126 cm³/mol. The number of carbonyl (C=O) groups excluding carboxylic acids is 2. The Bertz CT molecular complexity index is 951. The summed E-state index contributed by atoms with van der Waals surface area (Å²) in [6.07, 6.45) is 2.98. The first-order valence-electron chi connectivity index (χ1n) is 11.2. The molecule has 1 aliphatic heterocycles. The van der Waals surface area contributed by atoms with Crippen molar-refractivity contribution in [3.05, 3.63) is 53.0 Å². The van der Waals surface area contributed by atoms with Crippen molar-refractivity contribution in [1.82, 2.24) is 0 Å². The number of carbonyl (C=O) groups is 2. The second-order valence-electron chi connectivity index (χ2n) is 10.0. The Kier molecular flexibility index (Phi) is 7.25. The lowest BCUT2D eigenvalue weighted by Gasteiger charge is -2.41. The van der Waals surface area contributed by atoms with Crippen molar-refractivity contribution in [3.8, 4) is 0 Å². The van der Waals surface area contributed by atoms with E-state index in [2.05, 4.69) is 20.8 Å². The zero-order valence-corrected chi connectivity index (χ0v) is 20.7. The van der Waals surface area contributed by atoms with E-state index < -0.39 is 16.8 Å². The van der Waals surface area contributed by atoms with Crippen molar-refractivity contribution in [1.29, 1.82) is 0 Å². The summed E-state index contributed by atoms with van der Waals surface area (Å²) in [6.45, 7) is 12.1. The van der Waals surface area contributed by atoms with Crippen LogP contribution in [0.1, 0.15) is 69.9 Å². The van der Waals surface area contributed by atoms with Crippen LogP contribution in [0.25, 0.3) is 0 Å². The van der Waals surface area contributed by atoms with Gasteiger partial charge in [0, 0.05) is 17.7 Å². The fraction of sp³-hybridized carbons (Fsp3) is 0.538. The molecule has 2 unspecified atom stereocenters. The Labute approximate surface area is 194 Å². The first-order valence-corrected chi connectivity index (χ1v) is 12.0. The summed E-state index contributed by atoms with van der Waals surface area (Å²) in [5.41, 5.74) is 1.79. The molecule has 1 aliphatic rings. The van der Waals surface area contributed by atoms with Crippen LogP contribution in [-0.4, -0.2) is 27.7 Å². The number of benzene rings is 1. The minimum absolute atomic E-state index is 0.00697. The van der Waals surface area contributed by atoms with Gasteiger partial charge in [-0.15, -0.1) is 11.8 Å². The number of hydrogen-bond acceptors (Lipinski definition) is 6. The second-order valence-corrected chi connectivity index (χ2v) is 11.2. The Morgan fingerprint density at radius 1 is 1.25 bits per heavy atom. The van der Waals surface area contributed by atoms with Crippen LogP contribution in [0.15, 0.2) is 39.8 Å². The number of ketones is 1. The van der Waals surface area contributed by atoms with Crippen LogP contribution >= 0.6 is 11.8 Å². The number of cyclic esters (lactones) is 1. The molecule has 0 amide bonds. The predicted octanol–water partition coefficient (Wildman–Crippen LogP) is 5.38. The summed E-state index contributed by atoms with van der Waals surface area (Å²) >= 11 is 1.27. The summed E-state index contributed by atoms with van der Waals surface area (Å²) < 4.78 is 11.5. The number of hydrogen-bond donors (Lipinski definition) is 1. The van der Waals surface area contributed by atoms with E-state index in [4.69, 9.17) is 9.15 Å². The van der Waals surface area contributed by atoms with Crippen molar-refractivity contribution in [2.24, 2.45) is 5.92 Å². The van der Waals surface area contributed by atoms with E-state index in [1.807, 2.05) is 45.0 Å². The number of furan rings is 1. The van der Waals surface area contributed by atoms with Gasteiger partial charge in [0.2, 0.25) is 0 Å². The molecular formula is C26H34O5S. The maximum Gasteiger partial charge on any atom is 0.327 e. The van der Waals surface area contributed by atoms with Crippen LogP contribution in [0.2, 0.25) is 0 Å². The first kappa shape index (κ1) is 24.6. The number of esters is 1. The number of thioether (sulfide) groups is 1. The minimum Gasteiger partial charge on any atom is -0.469 e. The van der Waals surface area contributed by atoms with Crippen LogP contribution < -0.4 is 0 Å². The van der Waals surface area contributed by atoms with Gasteiger partial charge in [0.1, 0.15) is 11.4 Å². The highest BCUT2D eigenvalue weighted by Crippen LogP contribution is 2.42. The van der Waals surface area contributed by atoms with Gasteiger partial charge in [0.25, 0.3) is 0 Å². The van der Waals surface area contributed by atoms with E-state index in [9.17, 15) is 14.7 Å². The average molecular weight is 459 g/mol. The smallest absolute Gasteiger partial charge is 0.327 e. The summed E-state index contributed by atoms with van der Waals surface area (Å²) in [5, 5.41) is 8.81. The Hall–Kier alpha value is -2.05. The number of aliphatic hydroxyl groups excluding tert-OH is 1. The maximum atomic E-state index is 13.3. The molecule has 2 aromatic rings. The number of aryl methyl sites for hydroxylation is 2. The van der Waals surface area contributed by atoms with Crippen LogP contribution in [0, 0.1) is 12.8 Å². The average Bonchev–Trinajstić information content (AvgIpc) is 3.22. The van der Waals surface area contributed by atoms with Crippen molar-refractivity contribution >= 4 is 23.5 Å². The molecule has 1 aromatic heterocycles. The van der Waals surface area contributed by atoms with E-state index >= 15 is 0 Å². The molecule has 32 heavy (non-hydrogen) atoms. The third kappa shape index (κ3) is 5.12. The lowest BCUT2D eigenvalue weighted by molar-refractivity contribution is -0.176. The molecule has 1 saturated heterocycles. The number of ether oxygens (including phenoxy) is 1. The van der Waals surface area contributed by atoms with Crippen LogP contribution in [0.4, 0.5) is 0 Å². The van der Waals surface area contributed by atoms with Gasteiger partial charge in [-0.05, 0) is 59.6 Å². The fourth-order valence-corrected chi connectivity index (χ4v) is 5.52. The van der Waals surface area contributed by atoms with Crippen molar-refractivity contribution in [3.63, 3.8) is 0 Å². The van der Waals surface area contributed by atoms with Crippen LogP contribution in [0.5, 0.6) is 0 Å². The minimum atomic E-state index is -0.883. The largest absolute Gasteiger partial charge is 0.469 e. The van der Waals surface area contributed by atoms with Crippen molar-refractivity contribution < 1.29 is 23.8 Å². The van der Waals surface area contributed by atoms with Gasteiger partial charge in [0.15, 0.2) is 11.0 Å². The van der Waals surface area contributed by atoms with Gasteiger partial charge in [-0.25, -0.2) is 0 Å². The van der Waals surface area contributed by atoms with E-state index in [1.54, 1.807) is 6.26 Å². The molecule has 0 radical (unpaired) electrons. The van der Waals surface area contributed by atoms with Crippen LogP contribution in [0.3, 0.4) is 0 Å². The third-order valence-electron chi connectivity index (χ3n) is 6.37. The SMILES string of the molecule is Cc1cc(SC2C(=O)CC(CCc3ccco3)(C(C)C)OC2=O)c(C(C)(C)C)cc1CO. The molecule has 1 N–H and O–H groups in total. The lowest BCUT2D eigenvalue weighted by Crippen LogP contribution is -2.52. The Morgan fingerprint density at radius 2 is 1.97 bits per heavy atom.